The molecule has 1 saturated heterocycles. The van der Waals surface area contributed by atoms with Gasteiger partial charge in [0.25, 0.3) is 0 Å². The molecule has 0 bridgehead atoms. The first kappa shape index (κ1) is 13.1. The molecule has 1 fully saturated rings. The summed E-state index contributed by atoms with van der Waals surface area (Å²) < 4.78 is 0. The number of aliphatic carboxylic acids is 1. The van der Waals surface area contributed by atoms with Gasteiger partial charge in [-0.2, -0.15) is 0 Å². The zero-order chi connectivity index (χ0) is 14.1. The molecule has 0 radical (unpaired) electrons. The monoisotopic (exact) mass is 274 g/mol. The first-order valence-corrected chi connectivity index (χ1v) is 6.97. The molecular formula is C15H18N2O3. The van der Waals surface area contributed by atoms with Crippen molar-refractivity contribution in [2.75, 3.05) is 13.1 Å². The van der Waals surface area contributed by atoms with Gasteiger partial charge >= 0.3 is 5.97 Å². The fourth-order valence-corrected chi connectivity index (χ4v) is 3.01. The molecule has 5 nitrogen and oxygen atoms in total. The SMILES string of the molecule is O=C(O)C1CCN(C(=O)C2Cc3ccccc3CN2)C1. The van der Waals surface area contributed by atoms with Crippen LogP contribution in [0.2, 0.25) is 0 Å². The lowest BCUT2D eigenvalue weighted by molar-refractivity contribution is -0.141. The second kappa shape index (κ2) is 5.25. The molecule has 1 aromatic carbocycles. The number of hydrogen-bond acceptors (Lipinski definition) is 3. The predicted molar refractivity (Wildman–Crippen MR) is 73.1 cm³/mol. The zero-order valence-electron chi connectivity index (χ0n) is 11.2. The van der Waals surface area contributed by atoms with Crippen LogP contribution in [0.25, 0.3) is 0 Å². The van der Waals surface area contributed by atoms with Gasteiger partial charge in [-0.25, -0.2) is 0 Å². The van der Waals surface area contributed by atoms with Gasteiger partial charge in [-0.15, -0.1) is 0 Å². The van der Waals surface area contributed by atoms with Crippen LogP contribution < -0.4 is 5.32 Å². The fraction of sp³-hybridized carbons (Fsp3) is 0.467. The van der Waals surface area contributed by atoms with Crippen molar-refractivity contribution >= 4 is 11.9 Å². The number of benzene rings is 1. The molecule has 2 atom stereocenters. The van der Waals surface area contributed by atoms with Crippen molar-refractivity contribution in [3.8, 4) is 0 Å². The largest absolute Gasteiger partial charge is 0.481 e. The molecule has 0 spiro atoms. The molecule has 3 rings (SSSR count). The van der Waals surface area contributed by atoms with Crippen molar-refractivity contribution in [3.05, 3.63) is 35.4 Å². The van der Waals surface area contributed by atoms with Gasteiger partial charge in [0.15, 0.2) is 0 Å². The third-order valence-electron chi connectivity index (χ3n) is 4.23. The van der Waals surface area contributed by atoms with Crippen molar-refractivity contribution in [3.63, 3.8) is 0 Å². The second-order valence-corrected chi connectivity index (χ2v) is 5.51. The summed E-state index contributed by atoms with van der Waals surface area (Å²) in [5, 5.41) is 12.3. The minimum absolute atomic E-state index is 0.0308. The van der Waals surface area contributed by atoms with Crippen LogP contribution in [0.5, 0.6) is 0 Å². The van der Waals surface area contributed by atoms with E-state index >= 15 is 0 Å². The lowest BCUT2D eigenvalue weighted by Crippen LogP contribution is -2.48. The number of carboxylic acid groups (broad SMARTS) is 1. The van der Waals surface area contributed by atoms with Crippen LogP contribution in [0.3, 0.4) is 0 Å². The van der Waals surface area contributed by atoms with Crippen molar-refractivity contribution in [1.82, 2.24) is 10.2 Å². The van der Waals surface area contributed by atoms with Gasteiger partial charge in [0.1, 0.15) is 0 Å². The van der Waals surface area contributed by atoms with Crippen LogP contribution in [0.1, 0.15) is 17.5 Å². The van der Waals surface area contributed by atoms with E-state index in [-0.39, 0.29) is 11.9 Å². The van der Waals surface area contributed by atoms with Gasteiger partial charge in [0.2, 0.25) is 5.91 Å². The first-order chi connectivity index (χ1) is 9.65. The Labute approximate surface area is 117 Å². The highest BCUT2D eigenvalue weighted by atomic mass is 16.4. The maximum absolute atomic E-state index is 12.4. The summed E-state index contributed by atoms with van der Waals surface area (Å²) in [5.74, 6) is -1.18. The second-order valence-electron chi connectivity index (χ2n) is 5.51. The molecule has 5 heteroatoms. The number of nitrogens with zero attached hydrogens (tertiary/aromatic N) is 1. The van der Waals surface area contributed by atoms with Gasteiger partial charge in [-0.3, -0.25) is 9.59 Å². The summed E-state index contributed by atoms with van der Waals surface area (Å²) in [6.07, 6.45) is 1.24. The van der Waals surface area contributed by atoms with Crippen LogP contribution in [0.4, 0.5) is 0 Å². The normalized spacial score (nSPS) is 25.3. The Hall–Kier alpha value is -1.88. The molecule has 0 saturated carbocycles. The van der Waals surface area contributed by atoms with E-state index < -0.39 is 11.9 Å². The van der Waals surface area contributed by atoms with Crippen molar-refractivity contribution in [2.24, 2.45) is 5.92 Å². The third-order valence-corrected chi connectivity index (χ3v) is 4.23. The Morgan fingerprint density at radius 1 is 1.25 bits per heavy atom. The minimum Gasteiger partial charge on any atom is -0.481 e. The molecule has 2 aliphatic rings. The lowest BCUT2D eigenvalue weighted by atomic mass is 9.95. The summed E-state index contributed by atoms with van der Waals surface area (Å²) in [6.45, 7) is 1.59. The van der Waals surface area contributed by atoms with E-state index in [0.717, 1.165) is 0 Å². The number of carboxylic acids is 1. The van der Waals surface area contributed by atoms with Crippen molar-refractivity contribution in [2.45, 2.75) is 25.4 Å². The van der Waals surface area contributed by atoms with Crippen LogP contribution in [0, 0.1) is 5.92 Å². The Balaban J connectivity index is 1.66. The van der Waals surface area contributed by atoms with Gasteiger partial charge in [-0.1, -0.05) is 24.3 Å². The lowest BCUT2D eigenvalue weighted by Gasteiger charge is -2.28. The third kappa shape index (κ3) is 2.41. The highest BCUT2D eigenvalue weighted by Crippen LogP contribution is 2.21. The summed E-state index contributed by atoms with van der Waals surface area (Å²) in [7, 11) is 0. The number of nitrogens with one attached hydrogen (secondary N) is 1. The molecular weight excluding hydrogens is 256 g/mol. The maximum Gasteiger partial charge on any atom is 0.308 e. The number of fused-ring (bicyclic) bond motifs is 1. The molecule has 2 aliphatic heterocycles. The molecule has 2 heterocycles. The van der Waals surface area contributed by atoms with Gasteiger partial charge in [0, 0.05) is 19.6 Å². The van der Waals surface area contributed by atoms with Crippen LogP contribution >= 0.6 is 0 Å². The summed E-state index contributed by atoms with van der Waals surface area (Å²) in [4.78, 5) is 25.1. The topological polar surface area (TPSA) is 69.6 Å². The number of carbonyl (C=O) groups excluding carboxylic acids is 1. The molecule has 2 unspecified atom stereocenters. The molecule has 106 valence electrons. The molecule has 0 aliphatic carbocycles. The van der Waals surface area contributed by atoms with Crippen LogP contribution in [-0.2, 0) is 22.6 Å². The number of rotatable bonds is 2. The van der Waals surface area contributed by atoms with Gasteiger partial charge < -0.3 is 15.3 Å². The minimum atomic E-state index is -0.803. The average Bonchev–Trinajstić information content (AvgIpc) is 2.96. The van der Waals surface area contributed by atoms with E-state index in [1.54, 1.807) is 4.90 Å². The quantitative estimate of drug-likeness (QED) is 0.830. The standard InChI is InChI=1S/C15H18N2O3/c18-14(17-6-5-12(9-17)15(19)20)13-7-10-3-1-2-4-11(10)8-16-13/h1-4,12-13,16H,5-9H2,(H,19,20). The Bertz CT molecular complexity index is 544. The van der Waals surface area contributed by atoms with E-state index in [4.69, 9.17) is 5.11 Å². The maximum atomic E-state index is 12.4. The van der Waals surface area contributed by atoms with Gasteiger partial charge in [0.05, 0.1) is 12.0 Å². The highest BCUT2D eigenvalue weighted by Gasteiger charge is 2.35. The Morgan fingerprint density at radius 3 is 2.70 bits per heavy atom. The summed E-state index contributed by atoms with van der Waals surface area (Å²) in [6, 6.07) is 7.89. The van der Waals surface area contributed by atoms with E-state index in [0.29, 0.717) is 32.5 Å². The molecule has 1 aromatic rings. The van der Waals surface area contributed by atoms with Crippen molar-refractivity contribution < 1.29 is 14.7 Å². The van der Waals surface area contributed by atoms with E-state index in [1.807, 2.05) is 12.1 Å². The zero-order valence-corrected chi connectivity index (χ0v) is 11.2. The molecule has 0 aromatic heterocycles. The molecule has 2 N–H and O–H groups in total. The predicted octanol–water partition coefficient (Wildman–Crippen LogP) is 0.634. The Kier molecular flexibility index (Phi) is 3.44. The van der Waals surface area contributed by atoms with Crippen molar-refractivity contribution in [1.29, 1.82) is 0 Å². The van der Waals surface area contributed by atoms with Gasteiger partial charge in [-0.05, 0) is 24.0 Å². The van der Waals surface area contributed by atoms with E-state index in [1.165, 1.54) is 11.1 Å². The van der Waals surface area contributed by atoms with E-state index in [9.17, 15) is 9.59 Å². The number of likely N-dealkylation sites (tertiary alicyclic amines) is 1. The summed E-state index contributed by atoms with van der Waals surface area (Å²) in [5.41, 5.74) is 2.44. The Morgan fingerprint density at radius 2 is 2.00 bits per heavy atom. The number of hydrogen-bond donors (Lipinski definition) is 2. The smallest absolute Gasteiger partial charge is 0.308 e. The molecule has 1 amide bonds. The highest BCUT2D eigenvalue weighted by molar-refractivity contribution is 5.84. The number of carbonyl (C=O) groups is 2. The first-order valence-electron chi connectivity index (χ1n) is 6.97. The summed E-state index contributed by atoms with van der Waals surface area (Å²) >= 11 is 0. The van der Waals surface area contributed by atoms with Crippen LogP contribution in [0.15, 0.2) is 24.3 Å². The molecule has 20 heavy (non-hydrogen) atoms. The average molecular weight is 274 g/mol. The fourth-order valence-electron chi connectivity index (χ4n) is 3.01. The number of amides is 1. The van der Waals surface area contributed by atoms with E-state index in [2.05, 4.69) is 17.4 Å². The van der Waals surface area contributed by atoms with Crippen LogP contribution in [-0.4, -0.2) is 41.0 Å².